The molecular formula is C12H14ClF3N2OS. The summed E-state index contributed by atoms with van der Waals surface area (Å²) in [5.74, 6) is 0.00769. The van der Waals surface area contributed by atoms with Crippen LogP contribution in [0.1, 0.15) is 12.0 Å². The van der Waals surface area contributed by atoms with Crippen LogP contribution in [-0.2, 0) is 11.0 Å². The average molecular weight is 327 g/mol. The predicted octanol–water partition coefficient (Wildman–Crippen LogP) is 3.38. The zero-order valence-corrected chi connectivity index (χ0v) is 12.2. The summed E-state index contributed by atoms with van der Waals surface area (Å²) in [5.41, 5.74) is 4.28. The molecule has 0 bridgehead atoms. The zero-order chi connectivity index (χ0) is 15.3. The van der Waals surface area contributed by atoms with E-state index in [1.807, 2.05) is 6.26 Å². The largest absolute Gasteiger partial charge is 0.418 e. The zero-order valence-electron chi connectivity index (χ0n) is 10.6. The van der Waals surface area contributed by atoms with E-state index in [0.29, 0.717) is 12.2 Å². The highest BCUT2D eigenvalue weighted by molar-refractivity contribution is 7.98. The van der Waals surface area contributed by atoms with Crippen LogP contribution >= 0.6 is 23.4 Å². The minimum Gasteiger partial charge on any atom is -0.324 e. The molecule has 0 aliphatic heterocycles. The summed E-state index contributed by atoms with van der Waals surface area (Å²) >= 11 is 7.06. The maximum atomic E-state index is 12.8. The highest BCUT2D eigenvalue weighted by Gasteiger charge is 2.34. The summed E-state index contributed by atoms with van der Waals surface area (Å²) in [6.45, 7) is 0. The summed E-state index contributed by atoms with van der Waals surface area (Å²) in [5, 5.41) is 2.15. The van der Waals surface area contributed by atoms with Crippen LogP contribution in [0.5, 0.6) is 0 Å². The van der Waals surface area contributed by atoms with Crippen molar-refractivity contribution in [3.8, 4) is 0 Å². The molecule has 1 aromatic rings. The predicted molar refractivity (Wildman–Crippen MR) is 76.1 cm³/mol. The third-order valence-corrected chi connectivity index (χ3v) is 3.39. The topological polar surface area (TPSA) is 55.1 Å². The summed E-state index contributed by atoms with van der Waals surface area (Å²) < 4.78 is 38.5. The first-order chi connectivity index (χ1) is 9.25. The van der Waals surface area contributed by atoms with Crippen LogP contribution in [-0.4, -0.2) is 24.0 Å². The number of nitrogens with two attached hydrogens (primary N) is 1. The van der Waals surface area contributed by atoms with Gasteiger partial charge in [0.25, 0.3) is 0 Å². The molecule has 0 aliphatic rings. The van der Waals surface area contributed by atoms with Crippen molar-refractivity contribution >= 4 is 35.0 Å². The number of alkyl halides is 3. The number of rotatable bonds is 5. The molecule has 0 saturated heterocycles. The van der Waals surface area contributed by atoms with E-state index in [4.69, 9.17) is 17.3 Å². The van der Waals surface area contributed by atoms with Gasteiger partial charge in [0.05, 0.1) is 17.3 Å². The van der Waals surface area contributed by atoms with E-state index in [1.54, 1.807) is 0 Å². The van der Waals surface area contributed by atoms with E-state index in [2.05, 4.69) is 5.32 Å². The molecule has 1 amide bonds. The van der Waals surface area contributed by atoms with Crippen LogP contribution in [0.3, 0.4) is 0 Å². The molecule has 0 aliphatic carbocycles. The first kappa shape index (κ1) is 17.1. The van der Waals surface area contributed by atoms with Gasteiger partial charge in [0.1, 0.15) is 0 Å². The number of anilines is 1. The van der Waals surface area contributed by atoms with Crippen LogP contribution in [0, 0.1) is 0 Å². The molecule has 0 radical (unpaired) electrons. The molecule has 3 N–H and O–H groups in total. The van der Waals surface area contributed by atoms with Gasteiger partial charge in [-0.3, -0.25) is 4.79 Å². The van der Waals surface area contributed by atoms with Gasteiger partial charge in [0.2, 0.25) is 5.91 Å². The Hall–Kier alpha value is -0.920. The fourth-order valence-electron chi connectivity index (χ4n) is 1.46. The van der Waals surface area contributed by atoms with E-state index < -0.39 is 23.7 Å². The summed E-state index contributed by atoms with van der Waals surface area (Å²) in [6.07, 6.45) is -2.36. The number of hydrogen-bond donors (Lipinski definition) is 2. The highest BCUT2D eigenvalue weighted by Crippen LogP contribution is 2.36. The van der Waals surface area contributed by atoms with E-state index in [0.717, 1.165) is 12.1 Å². The summed E-state index contributed by atoms with van der Waals surface area (Å²) in [7, 11) is 0. The Bertz CT molecular complexity index is 482. The lowest BCUT2D eigenvalue weighted by molar-refractivity contribution is -0.137. The fraction of sp³-hybridized carbons (Fsp3) is 0.417. The lowest BCUT2D eigenvalue weighted by Gasteiger charge is -2.16. The van der Waals surface area contributed by atoms with Crippen LogP contribution in [0.4, 0.5) is 18.9 Å². The van der Waals surface area contributed by atoms with E-state index >= 15 is 0 Å². The molecule has 1 atom stereocenters. The van der Waals surface area contributed by atoms with Gasteiger partial charge in [0, 0.05) is 5.02 Å². The Morgan fingerprint density at radius 2 is 2.15 bits per heavy atom. The number of nitrogens with one attached hydrogen (secondary N) is 1. The van der Waals surface area contributed by atoms with Crippen molar-refractivity contribution in [3.05, 3.63) is 28.8 Å². The molecule has 0 saturated carbocycles. The quantitative estimate of drug-likeness (QED) is 0.872. The van der Waals surface area contributed by atoms with Gasteiger partial charge in [-0.1, -0.05) is 11.6 Å². The Labute approximate surface area is 124 Å². The molecule has 0 unspecified atom stereocenters. The van der Waals surface area contributed by atoms with Gasteiger partial charge < -0.3 is 11.1 Å². The SMILES string of the molecule is CSCC[C@H](N)C(=O)Nc1ccc(Cl)cc1C(F)(F)F. The number of hydrogen-bond acceptors (Lipinski definition) is 3. The van der Waals surface area contributed by atoms with E-state index in [9.17, 15) is 18.0 Å². The van der Waals surface area contributed by atoms with Crippen molar-refractivity contribution in [1.82, 2.24) is 0 Å². The molecule has 1 rings (SSSR count). The number of amides is 1. The number of carbonyl (C=O) groups is 1. The number of benzene rings is 1. The second-order valence-corrected chi connectivity index (χ2v) is 5.49. The smallest absolute Gasteiger partial charge is 0.324 e. The molecule has 0 spiro atoms. The second-order valence-electron chi connectivity index (χ2n) is 4.06. The monoisotopic (exact) mass is 326 g/mol. The average Bonchev–Trinajstić information content (AvgIpc) is 2.36. The van der Waals surface area contributed by atoms with Crippen molar-refractivity contribution in [2.45, 2.75) is 18.6 Å². The van der Waals surface area contributed by atoms with Gasteiger partial charge in [-0.25, -0.2) is 0 Å². The third kappa shape index (κ3) is 4.88. The fourth-order valence-corrected chi connectivity index (χ4v) is 2.12. The number of halogens is 4. The summed E-state index contributed by atoms with van der Waals surface area (Å²) in [4.78, 5) is 11.7. The lowest BCUT2D eigenvalue weighted by atomic mass is 10.1. The van der Waals surface area contributed by atoms with Gasteiger partial charge in [-0.2, -0.15) is 24.9 Å². The van der Waals surface area contributed by atoms with Crippen LogP contribution < -0.4 is 11.1 Å². The molecule has 0 aromatic heterocycles. The van der Waals surface area contributed by atoms with Crippen LogP contribution in [0.15, 0.2) is 18.2 Å². The molecular weight excluding hydrogens is 313 g/mol. The number of carbonyl (C=O) groups excluding carboxylic acids is 1. The third-order valence-electron chi connectivity index (χ3n) is 2.51. The van der Waals surface area contributed by atoms with E-state index in [-0.39, 0.29) is 10.7 Å². The molecule has 8 heteroatoms. The number of thioether (sulfide) groups is 1. The van der Waals surface area contributed by atoms with Gasteiger partial charge in [-0.05, 0) is 36.6 Å². The minimum atomic E-state index is -4.60. The molecule has 112 valence electrons. The van der Waals surface area contributed by atoms with Crippen LogP contribution in [0.25, 0.3) is 0 Å². The van der Waals surface area contributed by atoms with Crippen molar-refractivity contribution in [2.24, 2.45) is 5.73 Å². The normalized spacial score (nSPS) is 13.1. The second kappa shape index (κ2) is 7.19. The lowest BCUT2D eigenvalue weighted by Crippen LogP contribution is -2.36. The Kier molecular flexibility index (Phi) is 6.16. The first-order valence-electron chi connectivity index (χ1n) is 5.68. The Balaban J connectivity index is 2.90. The van der Waals surface area contributed by atoms with Gasteiger partial charge in [0.15, 0.2) is 0 Å². The Morgan fingerprint density at radius 1 is 1.50 bits per heavy atom. The van der Waals surface area contributed by atoms with Crippen LogP contribution in [0.2, 0.25) is 5.02 Å². The molecule has 1 aromatic carbocycles. The maximum absolute atomic E-state index is 12.8. The molecule has 3 nitrogen and oxygen atoms in total. The van der Waals surface area contributed by atoms with Gasteiger partial charge in [-0.15, -0.1) is 0 Å². The molecule has 20 heavy (non-hydrogen) atoms. The maximum Gasteiger partial charge on any atom is 0.418 e. The highest BCUT2D eigenvalue weighted by atomic mass is 35.5. The van der Waals surface area contributed by atoms with Crippen molar-refractivity contribution in [3.63, 3.8) is 0 Å². The van der Waals surface area contributed by atoms with E-state index in [1.165, 1.54) is 17.8 Å². The summed E-state index contributed by atoms with van der Waals surface area (Å²) in [6, 6.07) is 2.31. The minimum absolute atomic E-state index is 0.0537. The van der Waals surface area contributed by atoms with Crippen molar-refractivity contribution < 1.29 is 18.0 Å². The standard InChI is InChI=1S/C12H14ClF3N2OS/c1-20-5-4-9(17)11(19)18-10-3-2-7(13)6-8(10)12(14,15)16/h2-3,6,9H,4-5,17H2,1H3,(H,18,19)/t9-/m0/s1. The van der Waals surface area contributed by atoms with Crippen molar-refractivity contribution in [1.29, 1.82) is 0 Å². The first-order valence-corrected chi connectivity index (χ1v) is 7.45. The van der Waals surface area contributed by atoms with Crippen molar-refractivity contribution in [2.75, 3.05) is 17.3 Å². The van der Waals surface area contributed by atoms with Gasteiger partial charge >= 0.3 is 6.18 Å². The molecule has 0 fully saturated rings. The Morgan fingerprint density at radius 3 is 2.70 bits per heavy atom. The molecule has 0 heterocycles.